The molecule has 2 rings (SSSR count). The molecule has 27 heavy (non-hydrogen) atoms. The lowest BCUT2D eigenvalue weighted by Crippen LogP contribution is -2.27. The topological polar surface area (TPSA) is 142 Å². The van der Waals surface area contributed by atoms with Crippen molar-refractivity contribution in [3.63, 3.8) is 0 Å². The summed E-state index contributed by atoms with van der Waals surface area (Å²) in [5, 5.41) is 11.4. The summed E-state index contributed by atoms with van der Waals surface area (Å²) in [5.74, 6) is -2.61. The van der Waals surface area contributed by atoms with Gasteiger partial charge in [-0.2, -0.15) is 0 Å². The Labute approximate surface area is 153 Å². The first-order chi connectivity index (χ1) is 12.8. The molecule has 1 aliphatic heterocycles. The highest BCUT2D eigenvalue weighted by atomic mass is 16.6. The van der Waals surface area contributed by atoms with Gasteiger partial charge in [-0.05, 0) is 24.3 Å². The zero-order valence-electron chi connectivity index (χ0n) is 14.4. The minimum atomic E-state index is -0.939. The number of amides is 1. The lowest BCUT2D eigenvalue weighted by molar-refractivity contribution is -0.384. The number of nitrogens with two attached hydrogens (primary N) is 1. The van der Waals surface area contributed by atoms with Gasteiger partial charge in [-0.3, -0.25) is 14.9 Å². The lowest BCUT2D eigenvalue weighted by Gasteiger charge is -2.23. The van der Waals surface area contributed by atoms with Gasteiger partial charge in [-0.15, -0.1) is 0 Å². The number of carbonyl (C=O) groups excluding carboxylic acids is 3. The zero-order valence-corrected chi connectivity index (χ0v) is 14.4. The summed E-state index contributed by atoms with van der Waals surface area (Å²) in [6.45, 7) is 0. The van der Waals surface area contributed by atoms with Gasteiger partial charge >= 0.3 is 11.9 Å². The number of nitro benzene ring substituents is 1. The van der Waals surface area contributed by atoms with Gasteiger partial charge in [-0.1, -0.05) is 6.08 Å². The highest BCUT2D eigenvalue weighted by Crippen LogP contribution is 2.34. The van der Waals surface area contributed by atoms with Crippen LogP contribution in [0.25, 0.3) is 0 Å². The normalized spacial score (nSPS) is 13.2. The monoisotopic (exact) mass is 373 g/mol. The zero-order chi connectivity index (χ0) is 20.1. The summed E-state index contributed by atoms with van der Waals surface area (Å²) in [4.78, 5) is 47.8. The highest BCUT2D eigenvalue weighted by molar-refractivity contribution is 6.06. The fourth-order valence-electron chi connectivity index (χ4n) is 2.38. The van der Waals surface area contributed by atoms with E-state index in [0.717, 1.165) is 31.3 Å². The molecule has 1 aliphatic rings. The smallest absolute Gasteiger partial charge is 0.355 e. The molecule has 0 unspecified atom stereocenters. The first-order valence-corrected chi connectivity index (χ1v) is 7.45. The van der Waals surface area contributed by atoms with Crippen LogP contribution < -0.4 is 10.6 Å². The molecule has 0 bridgehead atoms. The van der Waals surface area contributed by atoms with E-state index in [1.807, 2.05) is 0 Å². The maximum atomic E-state index is 12.4. The Hall–Kier alpha value is -3.95. The van der Waals surface area contributed by atoms with Crippen LogP contribution in [0.5, 0.6) is 0 Å². The minimum Gasteiger partial charge on any atom is -0.465 e. The van der Waals surface area contributed by atoms with Crippen molar-refractivity contribution in [1.29, 1.82) is 0 Å². The first-order valence-electron chi connectivity index (χ1n) is 7.45. The standard InChI is InChI=1S/C17H15N3O7/c1-26-16(22)11-5-3-4-8-19(14(11)17(23)27-2)13-9-10(15(18)21)6-7-12(13)20(24)25/h3-9H,1-2H3,(H2,18,21). The summed E-state index contributed by atoms with van der Waals surface area (Å²) in [7, 11) is 2.21. The molecule has 0 saturated carbocycles. The Morgan fingerprint density at radius 3 is 2.33 bits per heavy atom. The van der Waals surface area contributed by atoms with Crippen molar-refractivity contribution >= 4 is 29.2 Å². The van der Waals surface area contributed by atoms with E-state index in [9.17, 15) is 24.5 Å². The molecule has 0 aromatic heterocycles. The second-order valence-corrected chi connectivity index (χ2v) is 5.14. The summed E-state index contributed by atoms with van der Waals surface area (Å²) in [5.41, 5.74) is 4.15. The van der Waals surface area contributed by atoms with Crippen LogP contribution in [0.3, 0.4) is 0 Å². The molecule has 1 amide bonds. The number of benzene rings is 1. The number of carbonyl (C=O) groups is 3. The van der Waals surface area contributed by atoms with Crippen LogP contribution >= 0.6 is 0 Å². The molecule has 2 N–H and O–H groups in total. The number of hydrogen-bond donors (Lipinski definition) is 1. The van der Waals surface area contributed by atoms with Crippen molar-refractivity contribution in [2.24, 2.45) is 5.73 Å². The third-order valence-electron chi connectivity index (χ3n) is 3.61. The van der Waals surface area contributed by atoms with E-state index in [1.165, 1.54) is 30.5 Å². The predicted molar refractivity (Wildman–Crippen MR) is 93.4 cm³/mol. The van der Waals surface area contributed by atoms with Gasteiger partial charge in [0.05, 0.1) is 24.7 Å². The number of nitro groups is 1. The molecule has 0 atom stereocenters. The Kier molecular flexibility index (Phi) is 5.71. The number of allylic oxidation sites excluding steroid dienone is 2. The lowest BCUT2D eigenvalue weighted by atomic mass is 10.1. The van der Waals surface area contributed by atoms with Crippen LogP contribution in [-0.4, -0.2) is 37.0 Å². The molecule has 0 aliphatic carbocycles. The summed E-state index contributed by atoms with van der Waals surface area (Å²) < 4.78 is 9.40. The van der Waals surface area contributed by atoms with Crippen molar-refractivity contribution in [2.75, 3.05) is 19.1 Å². The van der Waals surface area contributed by atoms with Crippen molar-refractivity contribution in [3.05, 3.63) is 69.6 Å². The van der Waals surface area contributed by atoms with Gasteiger partial charge in [0.2, 0.25) is 5.91 Å². The third-order valence-corrected chi connectivity index (χ3v) is 3.61. The summed E-state index contributed by atoms with van der Waals surface area (Å²) >= 11 is 0. The number of ether oxygens (including phenoxy) is 2. The average molecular weight is 373 g/mol. The van der Waals surface area contributed by atoms with Gasteiger partial charge < -0.3 is 20.1 Å². The Balaban J connectivity index is 2.83. The first kappa shape index (κ1) is 19.4. The Morgan fingerprint density at radius 2 is 1.78 bits per heavy atom. The molecule has 10 nitrogen and oxygen atoms in total. The van der Waals surface area contributed by atoms with Gasteiger partial charge in [0.1, 0.15) is 11.4 Å². The van der Waals surface area contributed by atoms with Gasteiger partial charge in [0.25, 0.3) is 5.69 Å². The van der Waals surface area contributed by atoms with E-state index in [0.29, 0.717) is 0 Å². The fourth-order valence-corrected chi connectivity index (χ4v) is 2.38. The molecule has 140 valence electrons. The van der Waals surface area contributed by atoms with E-state index >= 15 is 0 Å². The SMILES string of the molecule is COC(=O)C1=C(C(=O)OC)N(c2cc(C(N)=O)ccc2[N+](=O)[O-])C=CC=C1. The Morgan fingerprint density at radius 1 is 1.11 bits per heavy atom. The van der Waals surface area contributed by atoms with E-state index in [1.54, 1.807) is 0 Å². The van der Waals surface area contributed by atoms with Gasteiger partial charge in [0, 0.05) is 17.8 Å². The highest BCUT2D eigenvalue weighted by Gasteiger charge is 2.31. The molecular weight excluding hydrogens is 358 g/mol. The number of nitrogens with zero attached hydrogens (tertiary/aromatic N) is 2. The number of esters is 2. The molecule has 10 heteroatoms. The Bertz CT molecular complexity index is 915. The molecule has 0 saturated heterocycles. The molecule has 1 heterocycles. The van der Waals surface area contributed by atoms with Crippen LogP contribution in [-0.2, 0) is 19.1 Å². The summed E-state index contributed by atoms with van der Waals surface area (Å²) in [6, 6.07) is 3.41. The molecule has 1 aromatic rings. The van der Waals surface area contributed by atoms with Gasteiger partial charge in [-0.25, -0.2) is 9.59 Å². The fraction of sp³-hybridized carbons (Fsp3) is 0.118. The summed E-state index contributed by atoms with van der Waals surface area (Å²) in [6.07, 6.45) is 5.50. The van der Waals surface area contributed by atoms with Crippen LogP contribution in [0.15, 0.2) is 53.9 Å². The largest absolute Gasteiger partial charge is 0.465 e. The molecule has 1 aromatic carbocycles. The molecule has 0 radical (unpaired) electrons. The van der Waals surface area contributed by atoms with E-state index < -0.39 is 28.5 Å². The molecule has 0 spiro atoms. The van der Waals surface area contributed by atoms with Gasteiger partial charge in [0.15, 0.2) is 0 Å². The molecular formula is C17H15N3O7. The van der Waals surface area contributed by atoms with Crippen LogP contribution in [0, 0.1) is 10.1 Å². The van der Waals surface area contributed by atoms with Crippen molar-refractivity contribution in [3.8, 4) is 0 Å². The van der Waals surface area contributed by atoms with Crippen molar-refractivity contribution in [2.45, 2.75) is 0 Å². The van der Waals surface area contributed by atoms with E-state index in [-0.39, 0.29) is 22.5 Å². The number of primary amides is 1. The number of methoxy groups -OCH3 is 2. The van der Waals surface area contributed by atoms with Crippen LogP contribution in [0.4, 0.5) is 11.4 Å². The maximum Gasteiger partial charge on any atom is 0.355 e. The maximum absolute atomic E-state index is 12.4. The van der Waals surface area contributed by atoms with Crippen molar-refractivity contribution in [1.82, 2.24) is 0 Å². The third kappa shape index (κ3) is 3.84. The van der Waals surface area contributed by atoms with Crippen LogP contribution in [0.2, 0.25) is 0 Å². The van der Waals surface area contributed by atoms with E-state index in [2.05, 4.69) is 4.74 Å². The average Bonchev–Trinajstić information content (AvgIpc) is 2.88. The number of anilines is 1. The second kappa shape index (κ2) is 7.95. The number of rotatable bonds is 5. The van der Waals surface area contributed by atoms with E-state index in [4.69, 9.17) is 10.5 Å². The van der Waals surface area contributed by atoms with Crippen LogP contribution in [0.1, 0.15) is 10.4 Å². The van der Waals surface area contributed by atoms with Crippen molar-refractivity contribution < 1.29 is 28.8 Å². The predicted octanol–water partition coefficient (Wildman–Crippen LogP) is 1.18. The minimum absolute atomic E-state index is 0.0231. The number of hydrogen-bond acceptors (Lipinski definition) is 8. The quantitative estimate of drug-likeness (QED) is 0.460. The second-order valence-electron chi connectivity index (χ2n) is 5.14. The molecule has 0 fully saturated rings.